The molecule has 1 aliphatic carbocycles. The molecule has 1 atom stereocenters. The van der Waals surface area contributed by atoms with Crippen molar-refractivity contribution in [1.29, 1.82) is 0 Å². The minimum absolute atomic E-state index is 0.646. The zero-order chi connectivity index (χ0) is 12.5. The molecule has 1 unspecified atom stereocenters. The Morgan fingerprint density at radius 3 is 2.83 bits per heavy atom. The summed E-state index contributed by atoms with van der Waals surface area (Å²) >= 11 is 0. The highest BCUT2D eigenvalue weighted by atomic mass is 16.5. The lowest BCUT2D eigenvalue weighted by Crippen LogP contribution is -2.17. The second-order valence-corrected chi connectivity index (χ2v) is 5.72. The van der Waals surface area contributed by atoms with E-state index in [-0.39, 0.29) is 0 Å². The van der Waals surface area contributed by atoms with Gasteiger partial charge in [-0.2, -0.15) is 5.10 Å². The van der Waals surface area contributed by atoms with E-state index in [1.165, 1.54) is 36.2 Å². The average Bonchev–Trinajstić information content (AvgIpc) is 2.96. The van der Waals surface area contributed by atoms with E-state index in [1.54, 1.807) is 0 Å². The molecule has 1 saturated carbocycles. The number of nitrogens with zero attached hydrogens (tertiary/aromatic N) is 2. The van der Waals surface area contributed by atoms with Gasteiger partial charge in [-0.3, -0.25) is 4.68 Å². The second-order valence-electron chi connectivity index (χ2n) is 5.72. The van der Waals surface area contributed by atoms with Crippen molar-refractivity contribution in [2.45, 2.75) is 52.2 Å². The van der Waals surface area contributed by atoms with E-state index in [9.17, 15) is 0 Å². The molecule has 0 amide bonds. The second kappa shape index (κ2) is 5.02. The normalized spacial score (nSPS) is 23.8. The third-order valence-electron chi connectivity index (χ3n) is 4.13. The van der Waals surface area contributed by atoms with Gasteiger partial charge in [-0.05, 0) is 33.1 Å². The Labute approximate surface area is 109 Å². The maximum absolute atomic E-state index is 5.44. The van der Waals surface area contributed by atoms with Gasteiger partial charge in [0.1, 0.15) is 0 Å². The van der Waals surface area contributed by atoms with Crippen LogP contribution in [-0.2, 0) is 17.8 Å². The molecule has 100 valence electrons. The van der Waals surface area contributed by atoms with Crippen LogP contribution in [0.5, 0.6) is 0 Å². The van der Waals surface area contributed by atoms with E-state index in [1.807, 2.05) is 0 Å². The number of hydrogen-bond donors (Lipinski definition) is 1. The molecule has 0 spiro atoms. The van der Waals surface area contributed by atoms with Crippen LogP contribution in [0.15, 0.2) is 0 Å². The molecule has 0 aromatic carbocycles. The summed E-state index contributed by atoms with van der Waals surface area (Å²) in [5, 5.41) is 8.28. The quantitative estimate of drug-likeness (QED) is 0.864. The molecule has 4 heteroatoms. The van der Waals surface area contributed by atoms with E-state index in [0.29, 0.717) is 5.92 Å². The fraction of sp³-hybridized carbons (Fsp3) is 0.786. The Hall–Kier alpha value is -0.870. The molecule has 1 aromatic rings. The van der Waals surface area contributed by atoms with Gasteiger partial charge in [0, 0.05) is 42.9 Å². The van der Waals surface area contributed by atoms with Crippen molar-refractivity contribution in [1.82, 2.24) is 15.1 Å². The number of ether oxygens (including phenoxy) is 1. The summed E-state index contributed by atoms with van der Waals surface area (Å²) in [5.41, 5.74) is 3.90. The van der Waals surface area contributed by atoms with Crippen molar-refractivity contribution in [3.05, 3.63) is 17.0 Å². The van der Waals surface area contributed by atoms with Crippen LogP contribution in [-0.4, -0.2) is 29.0 Å². The molecule has 2 aliphatic rings. The Morgan fingerprint density at radius 2 is 2.17 bits per heavy atom. The molecule has 2 fully saturated rings. The Morgan fingerprint density at radius 1 is 1.33 bits per heavy atom. The van der Waals surface area contributed by atoms with E-state index < -0.39 is 0 Å². The topological polar surface area (TPSA) is 39.1 Å². The summed E-state index contributed by atoms with van der Waals surface area (Å²) in [4.78, 5) is 0. The Balaban J connectivity index is 1.67. The first-order valence-electron chi connectivity index (χ1n) is 7.08. The average molecular weight is 249 g/mol. The number of aryl methyl sites for hydroxylation is 1. The highest BCUT2D eigenvalue weighted by molar-refractivity contribution is 5.24. The molecule has 1 aromatic heterocycles. The predicted octanol–water partition coefficient (Wildman–Crippen LogP) is 1.79. The molecule has 0 radical (unpaired) electrons. The van der Waals surface area contributed by atoms with Crippen LogP contribution < -0.4 is 5.32 Å². The van der Waals surface area contributed by atoms with Crippen molar-refractivity contribution in [3.63, 3.8) is 0 Å². The van der Waals surface area contributed by atoms with Gasteiger partial charge in [-0.25, -0.2) is 0 Å². The molecular weight excluding hydrogens is 226 g/mol. The minimum Gasteiger partial charge on any atom is -0.381 e. The number of hydrogen-bond acceptors (Lipinski definition) is 3. The first-order valence-corrected chi connectivity index (χ1v) is 7.08. The third kappa shape index (κ3) is 2.59. The van der Waals surface area contributed by atoms with Crippen molar-refractivity contribution in [2.75, 3.05) is 13.2 Å². The lowest BCUT2D eigenvalue weighted by atomic mass is 10.1. The van der Waals surface area contributed by atoms with Crippen LogP contribution in [0.3, 0.4) is 0 Å². The fourth-order valence-corrected chi connectivity index (χ4v) is 2.67. The Kier molecular flexibility index (Phi) is 3.39. The highest BCUT2D eigenvalue weighted by Crippen LogP contribution is 2.22. The first-order chi connectivity index (χ1) is 8.74. The number of aromatic nitrogens is 2. The molecule has 1 aliphatic heterocycles. The van der Waals surface area contributed by atoms with Crippen LogP contribution in [0.2, 0.25) is 0 Å². The van der Waals surface area contributed by atoms with Gasteiger partial charge < -0.3 is 10.1 Å². The molecule has 2 heterocycles. The van der Waals surface area contributed by atoms with Crippen molar-refractivity contribution in [2.24, 2.45) is 5.92 Å². The minimum atomic E-state index is 0.646. The summed E-state index contributed by atoms with van der Waals surface area (Å²) in [6, 6.07) is 0.760. The van der Waals surface area contributed by atoms with Crippen molar-refractivity contribution < 1.29 is 4.74 Å². The van der Waals surface area contributed by atoms with Gasteiger partial charge in [0.05, 0.1) is 12.3 Å². The van der Waals surface area contributed by atoms with E-state index in [2.05, 4.69) is 23.8 Å². The van der Waals surface area contributed by atoms with E-state index in [4.69, 9.17) is 9.84 Å². The largest absolute Gasteiger partial charge is 0.381 e. The Bertz CT molecular complexity index is 417. The van der Waals surface area contributed by atoms with Gasteiger partial charge in [-0.15, -0.1) is 0 Å². The molecule has 1 saturated heterocycles. The zero-order valence-corrected chi connectivity index (χ0v) is 11.4. The predicted molar refractivity (Wildman–Crippen MR) is 70.5 cm³/mol. The maximum Gasteiger partial charge on any atom is 0.0641 e. The summed E-state index contributed by atoms with van der Waals surface area (Å²) in [7, 11) is 0. The van der Waals surface area contributed by atoms with Crippen LogP contribution >= 0.6 is 0 Å². The number of nitrogens with one attached hydrogen (secondary N) is 1. The lowest BCUT2D eigenvalue weighted by Gasteiger charge is -2.10. The van der Waals surface area contributed by atoms with Crippen LogP contribution in [0.25, 0.3) is 0 Å². The van der Waals surface area contributed by atoms with E-state index in [0.717, 1.165) is 32.3 Å². The van der Waals surface area contributed by atoms with Crippen molar-refractivity contribution >= 4 is 0 Å². The van der Waals surface area contributed by atoms with E-state index >= 15 is 0 Å². The summed E-state index contributed by atoms with van der Waals surface area (Å²) in [6.45, 7) is 8.12. The first kappa shape index (κ1) is 12.2. The van der Waals surface area contributed by atoms with Gasteiger partial charge in [0.15, 0.2) is 0 Å². The molecule has 18 heavy (non-hydrogen) atoms. The molecule has 3 rings (SSSR count). The van der Waals surface area contributed by atoms with Gasteiger partial charge >= 0.3 is 0 Å². The summed E-state index contributed by atoms with van der Waals surface area (Å²) in [6.07, 6.45) is 3.85. The molecule has 4 nitrogen and oxygen atoms in total. The highest BCUT2D eigenvalue weighted by Gasteiger charge is 2.23. The SMILES string of the molecule is Cc1nn(CC2CCOC2)c(C)c1CNC1CC1. The van der Waals surface area contributed by atoms with Crippen LogP contribution in [0.1, 0.15) is 36.2 Å². The smallest absolute Gasteiger partial charge is 0.0641 e. The summed E-state index contributed by atoms with van der Waals surface area (Å²) in [5.74, 6) is 0.646. The molecule has 1 N–H and O–H groups in total. The number of rotatable bonds is 5. The van der Waals surface area contributed by atoms with Gasteiger partial charge in [0.25, 0.3) is 0 Å². The van der Waals surface area contributed by atoms with Crippen LogP contribution in [0.4, 0.5) is 0 Å². The van der Waals surface area contributed by atoms with Gasteiger partial charge in [0.2, 0.25) is 0 Å². The van der Waals surface area contributed by atoms with Crippen molar-refractivity contribution in [3.8, 4) is 0 Å². The summed E-state index contributed by atoms with van der Waals surface area (Å²) < 4.78 is 7.62. The molecular formula is C14H23N3O. The maximum atomic E-state index is 5.44. The monoisotopic (exact) mass is 249 g/mol. The van der Waals surface area contributed by atoms with Crippen LogP contribution in [0, 0.1) is 19.8 Å². The lowest BCUT2D eigenvalue weighted by molar-refractivity contribution is 0.181. The standard InChI is InChI=1S/C14H23N3O/c1-10-14(7-15-13-3-4-13)11(2)17(16-10)8-12-5-6-18-9-12/h12-13,15H,3-9H2,1-2H3. The van der Waals surface area contributed by atoms with Gasteiger partial charge in [-0.1, -0.05) is 0 Å². The zero-order valence-electron chi connectivity index (χ0n) is 11.4. The molecule has 0 bridgehead atoms. The third-order valence-corrected chi connectivity index (χ3v) is 4.13. The fourth-order valence-electron chi connectivity index (χ4n) is 2.67.